The largest absolute Gasteiger partial charge is 0.417 e. The fourth-order valence-corrected chi connectivity index (χ4v) is 6.56. The first-order chi connectivity index (χ1) is 18.5. The quantitative estimate of drug-likeness (QED) is 0.242. The Morgan fingerprint density at radius 1 is 0.846 bits per heavy atom. The van der Waals surface area contributed by atoms with Crippen molar-refractivity contribution in [2.24, 2.45) is 11.8 Å². The van der Waals surface area contributed by atoms with Crippen LogP contribution in [-0.4, -0.2) is 28.5 Å². The Balaban J connectivity index is 1.50. The molecule has 2 amide bonds. The number of carbonyl (C=O) groups excluding carboxylic acids is 3. The van der Waals surface area contributed by atoms with Gasteiger partial charge in [-0.25, -0.2) is 4.90 Å². The number of fused-ring (bicyclic) bond motifs is 5. The number of nitrogens with zero attached hydrogens (tertiary/aromatic N) is 2. The summed E-state index contributed by atoms with van der Waals surface area (Å²) in [6.07, 6.45) is -1.34. The van der Waals surface area contributed by atoms with Gasteiger partial charge < -0.3 is 4.90 Å². The van der Waals surface area contributed by atoms with E-state index in [1.165, 1.54) is 24.3 Å². The number of ketones is 1. The lowest BCUT2D eigenvalue weighted by atomic mass is 9.83. The summed E-state index contributed by atoms with van der Waals surface area (Å²) in [5, 5.41) is -0.171. The molecule has 3 heterocycles. The van der Waals surface area contributed by atoms with Gasteiger partial charge in [-0.1, -0.05) is 59.1 Å². The highest BCUT2D eigenvalue weighted by atomic mass is 35.5. The molecule has 3 aliphatic heterocycles. The van der Waals surface area contributed by atoms with Crippen LogP contribution in [0.2, 0.25) is 15.1 Å². The maximum atomic E-state index is 14.0. The van der Waals surface area contributed by atoms with E-state index in [1.807, 2.05) is 12.1 Å². The van der Waals surface area contributed by atoms with Gasteiger partial charge in [0.2, 0.25) is 11.8 Å². The molecule has 2 fully saturated rings. The van der Waals surface area contributed by atoms with Crippen molar-refractivity contribution in [3.63, 3.8) is 0 Å². The van der Waals surface area contributed by atoms with Crippen LogP contribution in [0.1, 0.15) is 33.1 Å². The molecule has 0 aromatic heterocycles. The van der Waals surface area contributed by atoms with E-state index < -0.39 is 58.3 Å². The highest BCUT2D eigenvalue weighted by Gasteiger charge is 2.64. The first-order valence-corrected chi connectivity index (χ1v) is 12.9. The second-order valence-corrected chi connectivity index (χ2v) is 10.7. The van der Waals surface area contributed by atoms with Crippen molar-refractivity contribution in [2.75, 3.05) is 4.90 Å². The van der Waals surface area contributed by atoms with Gasteiger partial charge in [0.05, 0.1) is 39.2 Å². The van der Waals surface area contributed by atoms with Crippen molar-refractivity contribution in [1.82, 2.24) is 4.90 Å². The van der Waals surface area contributed by atoms with E-state index in [-0.39, 0.29) is 16.3 Å². The molecule has 0 unspecified atom stereocenters. The molecule has 6 rings (SSSR count). The summed E-state index contributed by atoms with van der Waals surface area (Å²) in [5.74, 6) is -4.19. The Kier molecular flexibility index (Phi) is 6.06. The Morgan fingerprint density at radius 3 is 2.28 bits per heavy atom. The van der Waals surface area contributed by atoms with Crippen molar-refractivity contribution in [1.29, 1.82) is 0 Å². The van der Waals surface area contributed by atoms with Gasteiger partial charge in [0.15, 0.2) is 5.78 Å². The van der Waals surface area contributed by atoms with E-state index in [9.17, 15) is 27.6 Å². The van der Waals surface area contributed by atoms with Crippen LogP contribution in [-0.2, 0) is 15.8 Å². The number of halogens is 6. The molecule has 198 valence electrons. The molecule has 0 saturated carbocycles. The molecular weight excluding hydrogens is 576 g/mol. The van der Waals surface area contributed by atoms with Gasteiger partial charge >= 0.3 is 6.18 Å². The number of imide groups is 1. The zero-order chi connectivity index (χ0) is 27.8. The molecule has 3 aromatic carbocycles. The monoisotopic (exact) mass is 590 g/mol. The van der Waals surface area contributed by atoms with Crippen molar-refractivity contribution >= 4 is 64.2 Å². The minimum absolute atomic E-state index is 0.0787. The van der Waals surface area contributed by atoms with Gasteiger partial charge in [0.1, 0.15) is 6.04 Å². The van der Waals surface area contributed by atoms with Crippen molar-refractivity contribution < 1.29 is 27.6 Å². The average molecular weight is 592 g/mol. The van der Waals surface area contributed by atoms with E-state index in [1.54, 1.807) is 29.3 Å². The smallest absolute Gasteiger partial charge is 0.358 e. The third-order valence-corrected chi connectivity index (χ3v) is 8.32. The van der Waals surface area contributed by atoms with Crippen LogP contribution in [0.5, 0.6) is 0 Å². The Labute approximate surface area is 235 Å². The number of benzene rings is 3. The number of hydrogen-bond donors (Lipinski definition) is 0. The van der Waals surface area contributed by atoms with Crippen molar-refractivity contribution in [3.8, 4) is 0 Å². The third kappa shape index (κ3) is 3.96. The molecule has 2 saturated heterocycles. The van der Waals surface area contributed by atoms with Gasteiger partial charge in [-0.3, -0.25) is 14.4 Å². The fourth-order valence-electron chi connectivity index (χ4n) is 5.83. The van der Waals surface area contributed by atoms with Gasteiger partial charge in [-0.05, 0) is 53.6 Å². The Hall–Kier alpha value is -3.33. The highest BCUT2D eigenvalue weighted by molar-refractivity contribution is 6.37. The van der Waals surface area contributed by atoms with Crippen LogP contribution in [0.3, 0.4) is 0 Å². The van der Waals surface area contributed by atoms with Crippen LogP contribution in [0.15, 0.2) is 66.9 Å². The molecule has 5 nitrogen and oxygen atoms in total. The number of hydrogen-bond acceptors (Lipinski definition) is 4. The summed E-state index contributed by atoms with van der Waals surface area (Å²) in [6.45, 7) is 0. The number of rotatable bonds is 3. The molecule has 39 heavy (non-hydrogen) atoms. The van der Waals surface area contributed by atoms with E-state index in [4.69, 9.17) is 34.8 Å². The summed E-state index contributed by atoms with van der Waals surface area (Å²) >= 11 is 18.1. The minimum atomic E-state index is -4.80. The normalized spacial score (nSPS) is 23.6. The number of Topliss-reactive ketones (excluding diaryl/α,β-unsaturated/α-hetero) is 1. The summed E-state index contributed by atoms with van der Waals surface area (Å²) in [4.78, 5) is 44.2. The summed E-state index contributed by atoms with van der Waals surface area (Å²) < 4.78 is 40.8. The lowest BCUT2D eigenvalue weighted by Gasteiger charge is -2.35. The summed E-state index contributed by atoms with van der Waals surface area (Å²) in [6, 6.07) is 12.6. The Bertz CT molecular complexity index is 1610. The first-order valence-electron chi connectivity index (χ1n) is 11.8. The topological polar surface area (TPSA) is 57.7 Å². The minimum Gasteiger partial charge on any atom is -0.358 e. The zero-order valence-electron chi connectivity index (χ0n) is 19.6. The van der Waals surface area contributed by atoms with Gasteiger partial charge in [-0.15, -0.1) is 0 Å². The van der Waals surface area contributed by atoms with Gasteiger partial charge in [-0.2, -0.15) is 13.2 Å². The van der Waals surface area contributed by atoms with Crippen LogP contribution in [0, 0.1) is 11.8 Å². The first kappa shape index (κ1) is 25.9. The lowest BCUT2D eigenvalue weighted by Crippen LogP contribution is -2.44. The van der Waals surface area contributed by atoms with Crippen LogP contribution in [0.25, 0.3) is 6.08 Å². The summed E-state index contributed by atoms with van der Waals surface area (Å²) in [7, 11) is 0. The van der Waals surface area contributed by atoms with Crippen molar-refractivity contribution in [2.45, 2.75) is 18.3 Å². The predicted molar refractivity (Wildman–Crippen MR) is 141 cm³/mol. The molecule has 0 bridgehead atoms. The molecule has 0 N–H and O–H groups in total. The SMILES string of the molecule is O=C(c1ccc(Cl)cc1Cl)[C@@H]1[C@@H]2C(=O)N(c3ccc(Cl)c(C(F)(F)F)c3)C(=O)[C@@H]2[C@@H]2c3ccccc3C=CN12. The number of amides is 2. The fraction of sp³-hybridized carbons (Fsp3) is 0.179. The Morgan fingerprint density at radius 2 is 1.56 bits per heavy atom. The van der Waals surface area contributed by atoms with Crippen LogP contribution < -0.4 is 4.90 Å². The standard InChI is InChI=1S/C28H16Cl3F3N2O3/c29-14-5-7-17(20(31)11-14)25(37)24-22-21(23-16-4-2-1-3-13(16)9-10-35(23)24)26(38)36(27(22)39)15-6-8-19(30)18(12-15)28(32,33)34/h1-12,21-24H/t21-,22+,23-,24-/m0/s1. The van der Waals surface area contributed by atoms with Gasteiger partial charge in [0.25, 0.3) is 0 Å². The van der Waals surface area contributed by atoms with Crippen LogP contribution >= 0.6 is 34.8 Å². The molecule has 0 radical (unpaired) electrons. The van der Waals surface area contributed by atoms with Crippen molar-refractivity contribution in [3.05, 3.63) is 104 Å². The molecule has 3 aromatic rings. The molecule has 11 heteroatoms. The van der Waals surface area contributed by atoms with Crippen LogP contribution in [0.4, 0.5) is 18.9 Å². The predicted octanol–water partition coefficient (Wildman–Crippen LogP) is 7.06. The highest BCUT2D eigenvalue weighted by Crippen LogP contribution is 2.54. The molecule has 3 aliphatic rings. The summed E-state index contributed by atoms with van der Waals surface area (Å²) in [5.41, 5.74) is 0.204. The van der Waals surface area contributed by atoms with E-state index in [2.05, 4.69) is 0 Å². The van der Waals surface area contributed by atoms with E-state index in [0.29, 0.717) is 11.1 Å². The zero-order valence-corrected chi connectivity index (χ0v) is 21.9. The maximum absolute atomic E-state index is 14.0. The number of anilines is 1. The van der Waals surface area contributed by atoms with E-state index in [0.717, 1.165) is 22.1 Å². The lowest BCUT2D eigenvalue weighted by molar-refractivity contribution is -0.137. The number of carbonyl (C=O) groups is 3. The second kappa shape index (κ2) is 9.11. The molecule has 0 aliphatic carbocycles. The number of alkyl halides is 3. The maximum Gasteiger partial charge on any atom is 0.417 e. The molecule has 4 atom stereocenters. The molecular formula is C28H16Cl3F3N2O3. The van der Waals surface area contributed by atoms with Gasteiger partial charge in [0, 0.05) is 16.8 Å². The average Bonchev–Trinajstić information content (AvgIpc) is 3.36. The second-order valence-electron chi connectivity index (χ2n) is 9.50. The van der Waals surface area contributed by atoms with E-state index >= 15 is 0 Å². The third-order valence-electron chi connectivity index (χ3n) is 7.44. The molecule has 0 spiro atoms.